The van der Waals surface area contributed by atoms with Gasteiger partial charge in [0.1, 0.15) is 11.5 Å². The van der Waals surface area contributed by atoms with E-state index in [9.17, 15) is 44.6 Å². The zero-order valence-corrected chi connectivity index (χ0v) is 18.1. The molecule has 0 heterocycles. The van der Waals surface area contributed by atoms with Crippen LogP contribution in [0.1, 0.15) is 11.1 Å². The number of hydrogen-bond donors (Lipinski definition) is 1. The fraction of sp³-hybridized carbons (Fsp3) is 0.250. The topological polar surface area (TPSA) is 32.7 Å². The second kappa shape index (κ2) is 9.92. The Balaban J connectivity index is 2.04. The van der Waals surface area contributed by atoms with Crippen molar-refractivity contribution in [2.24, 2.45) is 0 Å². The van der Waals surface area contributed by atoms with Crippen LogP contribution in [-0.4, -0.2) is 29.6 Å². The van der Waals surface area contributed by atoms with Gasteiger partial charge in [0.05, 0.1) is 12.1 Å². The summed E-state index contributed by atoms with van der Waals surface area (Å²) in [5.41, 5.74) is -6.79. The molecule has 0 fully saturated rings. The zero-order chi connectivity index (χ0) is 26.8. The van der Waals surface area contributed by atoms with Crippen molar-refractivity contribution in [1.82, 2.24) is 0 Å². The van der Waals surface area contributed by atoms with Crippen LogP contribution < -0.4 is 9.64 Å². The van der Waals surface area contributed by atoms with Gasteiger partial charge in [-0.15, -0.1) is 0 Å². The second-order valence-corrected chi connectivity index (χ2v) is 7.82. The van der Waals surface area contributed by atoms with E-state index < -0.39 is 42.8 Å². The monoisotopic (exact) mass is 523 g/mol. The zero-order valence-electron chi connectivity index (χ0n) is 18.1. The summed E-state index contributed by atoms with van der Waals surface area (Å²) in [6.45, 7) is -2.85. The summed E-state index contributed by atoms with van der Waals surface area (Å²) in [6, 6.07) is 16.4. The van der Waals surface area contributed by atoms with Crippen molar-refractivity contribution >= 4 is 5.69 Å². The molecule has 0 radical (unpaired) electrons. The van der Waals surface area contributed by atoms with Crippen LogP contribution in [0.15, 0.2) is 78.9 Å². The third-order valence-electron chi connectivity index (χ3n) is 5.15. The summed E-state index contributed by atoms with van der Waals surface area (Å²) in [6.07, 6.45) is -17.0. The average Bonchev–Trinajstić information content (AvgIpc) is 2.77. The smallest absolute Gasteiger partial charge is 0.428 e. The van der Waals surface area contributed by atoms with Crippen molar-refractivity contribution in [2.75, 3.05) is 11.4 Å². The molecule has 0 aliphatic carbocycles. The first-order valence-electron chi connectivity index (χ1n) is 10.2. The first-order valence-corrected chi connectivity index (χ1v) is 10.2. The molecule has 194 valence electrons. The Labute approximate surface area is 199 Å². The van der Waals surface area contributed by atoms with Crippen LogP contribution in [0.25, 0.3) is 0 Å². The number of alkyl halides is 9. The van der Waals surface area contributed by atoms with Gasteiger partial charge in [-0.1, -0.05) is 36.4 Å². The normalized spacial score (nSPS) is 12.9. The van der Waals surface area contributed by atoms with E-state index in [1.165, 1.54) is 12.1 Å². The molecule has 12 heteroatoms. The van der Waals surface area contributed by atoms with Crippen molar-refractivity contribution in [3.05, 3.63) is 90.0 Å². The summed E-state index contributed by atoms with van der Waals surface area (Å²) < 4.78 is 125. The molecule has 1 N–H and O–H groups in total. The third-order valence-corrected chi connectivity index (χ3v) is 5.15. The lowest BCUT2D eigenvalue weighted by atomic mass is 10.0. The molecule has 0 aliphatic heterocycles. The van der Waals surface area contributed by atoms with Gasteiger partial charge in [-0.05, 0) is 42.0 Å². The Kier molecular flexibility index (Phi) is 7.49. The predicted octanol–water partition coefficient (Wildman–Crippen LogP) is 7.36. The largest absolute Gasteiger partial charge is 0.457 e. The van der Waals surface area contributed by atoms with Crippen LogP contribution in [0.3, 0.4) is 0 Å². The average molecular weight is 523 g/mol. The second-order valence-electron chi connectivity index (χ2n) is 7.82. The van der Waals surface area contributed by atoms with Gasteiger partial charge in [-0.2, -0.15) is 39.5 Å². The number of hydrogen-bond acceptors (Lipinski definition) is 3. The molecule has 0 saturated carbocycles. The highest BCUT2D eigenvalue weighted by molar-refractivity contribution is 5.52. The lowest BCUT2D eigenvalue weighted by molar-refractivity contribution is -0.363. The standard InChI is InChI=1S/C24H18F9NO2/c25-22(26,27)17-7-4-6-16(12-17)14-34(15-21(35,23(28,29)30)24(31,32)33)18-8-5-11-20(13-18)36-19-9-2-1-3-10-19/h1-13,35H,14-15H2. The van der Waals surface area contributed by atoms with Gasteiger partial charge < -0.3 is 14.7 Å². The van der Waals surface area contributed by atoms with E-state index in [0.717, 1.165) is 24.3 Å². The summed E-state index contributed by atoms with van der Waals surface area (Å²) in [5, 5.41) is 9.78. The van der Waals surface area contributed by atoms with Crippen LogP contribution in [-0.2, 0) is 12.7 Å². The lowest BCUT2D eigenvalue weighted by Crippen LogP contribution is -2.62. The Morgan fingerprint density at radius 3 is 1.83 bits per heavy atom. The maximum atomic E-state index is 13.4. The van der Waals surface area contributed by atoms with Crippen LogP contribution >= 0.6 is 0 Å². The first kappa shape index (κ1) is 27.2. The molecule has 3 aromatic carbocycles. The summed E-state index contributed by atoms with van der Waals surface area (Å²) in [4.78, 5) is 0.494. The van der Waals surface area contributed by atoms with Crippen LogP contribution in [0.2, 0.25) is 0 Å². The van der Waals surface area contributed by atoms with Crippen molar-refractivity contribution in [3.8, 4) is 11.5 Å². The van der Waals surface area contributed by atoms with Gasteiger partial charge >= 0.3 is 18.5 Å². The minimum Gasteiger partial charge on any atom is -0.457 e. The number of benzene rings is 3. The molecular formula is C24H18F9NO2. The SMILES string of the molecule is OC(CN(Cc1cccc(C(F)(F)F)c1)c1cccc(Oc2ccccc2)c1)(C(F)(F)F)C(F)(F)F. The lowest BCUT2D eigenvalue weighted by Gasteiger charge is -2.38. The Morgan fingerprint density at radius 2 is 1.25 bits per heavy atom. The minimum atomic E-state index is -6.13. The van der Waals surface area contributed by atoms with Gasteiger partial charge in [0.2, 0.25) is 0 Å². The van der Waals surface area contributed by atoms with Gasteiger partial charge in [-0.25, -0.2) is 0 Å². The van der Waals surface area contributed by atoms with Crippen molar-refractivity contribution < 1.29 is 49.4 Å². The number of halogens is 9. The van der Waals surface area contributed by atoms with E-state index in [1.54, 1.807) is 30.3 Å². The fourth-order valence-corrected chi connectivity index (χ4v) is 3.29. The molecule has 3 rings (SSSR count). The number of aliphatic hydroxyl groups is 1. The first-order chi connectivity index (χ1) is 16.6. The molecule has 3 aromatic rings. The highest BCUT2D eigenvalue weighted by Gasteiger charge is 2.70. The van der Waals surface area contributed by atoms with Crippen molar-refractivity contribution in [2.45, 2.75) is 30.7 Å². The molecule has 0 saturated heterocycles. The van der Waals surface area contributed by atoms with Gasteiger partial charge in [0.15, 0.2) is 0 Å². The van der Waals surface area contributed by atoms with Crippen LogP contribution in [0.4, 0.5) is 45.2 Å². The Morgan fingerprint density at radius 1 is 0.667 bits per heavy atom. The van der Waals surface area contributed by atoms with Crippen molar-refractivity contribution in [3.63, 3.8) is 0 Å². The maximum Gasteiger partial charge on any atom is 0.428 e. The van der Waals surface area contributed by atoms with E-state index in [-0.39, 0.29) is 17.0 Å². The number of ether oxygens (including phenoxy) is 1. The number of anilines is 1. The molecule has 0 bridgehead atoms. The van der Waals surface area contributed by atoms with Crippen LogP contribution in [0, 0.1) is 0 Å². The molecule has 0 spiro atoms. The molecule has 36 heavy (non-hydrogen) atoms. The quantitative estimate of drug-likeness (QED) is 0.329. The third kappa shape index (κ3) is 6.23. The highest BCUT2D eigenvalue weighted by Crippen LogP contribution is 2.44. The summed E-state index contributed by atoms with van der Waals surface area (Å²) in [5.74, 6) is 0.358. The van der Waals surface area contributed by atoms with E-state index >= 15 is 0 Å². The number of para-hydroxylation sites is 1. The Bertz CT molecular complexity index is 1140. The van der Waals surface area contributed by atoms with E-state index in [0.29, 0.717) is 22.8 Å². The molecular weight excluding hydrogens is 505 g/mol. The highest BCUT2D eigenvalue weighted by atomic mass is 19.4. The molecule has 0 unspecified atom stereocenters. The molecule has 0 aliphatic rings. The minimum absolute atomic E-state index is 0.0373. The maximum absolute atomic E-state index is 13.4. The van der Waals surface area contributed by atoms with Gasteiger partial charge in [-0.3, -0.25) is 0 Å². The van der Waals surface area contributed by atoms with E-state index in [2.05, 4.69) is 0 Å². The molecule has 3 nitrogen and oxygen atoms in total. The molecule has 0 atom stereocenters. The molecule has 0 amide bonds. The van der Waals surface area contributed by atoms with E-state index in [1.807, 2.05) is 0 Å². The predicted molar refractivity (Wildman–Crippen MR) is 113 cm³/mol. The summed E-state index contributed by atoms with van der Waals surface area (Å²) >= 11 is 0. The molecule has 0 aromatic heterocycles. The van der Waals surface area contributed by atoms with Gasteiger partial charge in [0, 0.05) is 18.3 Å². The van der Waals surface area contributed by atoms with Crippen LogP contribution in [0.5, 0.6) is 11.5 Å². The van der Waals surface area contributed by atoms with E-state index in [4.69, 9.17) is 4.74 Å². The van der Waals surface area contributed by atoms with Gasteiger partial charge in [0.25, 0.3) is 5.60 Å². The number of nitrogens with zero attached hydrogens (tertiary/aromatic N) is 1. The Hall–Kier alpha value is -3.41. The fourth-order valence-electron chi connectivity index (χ4n) is 3.29. The number of rotatable bonds is 7. The van der Waals surface area contributed by atoms with Crippen molar-refractivity contribution in [1.29, 1.82) is 0 Å². The summed E-state index contributed by atoms with van der Waals surface area (Å²) in [7, 11) is 0.